The number of carboxylic acid groups (broad SMARTS) is 1. The smallest absolute Gasteiger partial charge is 0.475 e. The number of thiophene rings is 1. The maximum Gasteiger partial charge on any atom is 0.490 e. The number of hydrogen-bond acceptors (Lipinski definition) is 7. The Kier molecular flexibility index (Phi) is 8.98. The molecule has 4 N–H and O–H groups in total. The van der Waals surface area contributed by atoms with Gasteiger partial charge in [0.25, 0.3) is 0 Å². The van der Waals surface area contributed by atoms with Crippen LogP contribution in [0, 0.1) is 5.41 Å². The highest BCUT2D eigenvalue weighted by molar-refractivity contribution is 8.01. The lowest BCUT2D eigenvalue weighted by Crippen LogP contribution is -2.21. The average Bonchev–Trinajstić information content (AvgIpc) is 3.25. The number of nitrogens with two attached hydrogens (primary N) is 1. The van der Waals surface area contributed by atoms with Crippen LogP contribution in [0.5, 0.6) is 0 Å². The first-order chi connectivity index (χ1) is 16.2. The Labute approximate surface area is 208 Å². The molecule has 0 radical (unpaired) electrons. The fraction of sp³-hybridized carbons (Fsp3) is 0.182. The summed E-state index contributed by atoms with van der Waals surface area (Å²) in [6.07, 6.45) is -3.27. The lowest BCUT2D eigenvalue weighted by atomic mass is 10.1. The van der Waals surface area contributed by atoms with Gasteiger partial charge in [-0.3, -0.25) is 5.41 Å². The molecule has 3 rings (SSSR count). The second-order valence-corrected chi connectivity index (χ2v) is 11.2. The number of amidine groups is 1. The van der Waals surface area contributed by atoms with E-state index in [0.29, 0.717) is 9.09 Å². The number of nitrogens with zero attached hydrogens (tertiary/aromatic N) is 1. The van der Waals surface area contributed by atoms with Crippen molar-refractivity contribution in [1.82, 2.24) is 0 Å². The quantitative estimate of drug-likeness (QED) is 0.227. The van der Waals surface area contributed by atoms with E-state index in [-0.39, 0.29) is 15.6 Å². The van der Waals surface area contributed by atoms with Crippen molar-refractivity contribution in [3.8, 4) is 11.1 Å². The third-order valence-corrected chi connectivity index (χ3v) is 8.85. The number of nitrogen functional groups attached to an aromatic ring is 1. The second-order valence-electron chi connectivity index (χ2n) is 7.16. The highest BCUT2D eigenvalue weighted by atomic mass is 32.2. The van der Waals surface area contributed by atoms with Crippen LogP contribution in [-0.4, -0.2) is 51.9 Å². The topological polar surface area (TPSA) is 125 Å². The van der Waals surface area contributed by atoms with Gasteiger partial charge in [0.15, 0.2) is 0 Å². The Bertz CT molecular complexity index is 1320. The van der Waals surface area contributed by atoms with Crippen molar-refractivity contribution in [3.63, 3.8) is 0 Å². The summed E-state index contributed by atoms with van der Waals surface area (Å²) in [6.45, 7) is 0. The molecule has 188 valence electrons. The van der Waals surface area contributed by atoms with Crippen LogP contribution in [0.2, 0.25) is 0 Å². The zero-order valence-corrected chi connectivity index (χ0v) is 21.2. The average molecular weight is 546 g/mol. The summed E-state index contributed by atoms with van der Waals surface area (Å²) in [5.74, 6) is -2.89. The van der Waals surface area contributed by atoms with Gasteiger partial charge in [0.2, 0.25) is 9.84 Å². The van der Waals surface area contributed by atoms with Crippen LogP contribution in [0.1, 0.15) is 4.88 Å². The summed E-state index contributed by atoms with van der Waals surface area (Å²) in [6, 6.07) is 16.4. The molecule has 2 aromatic carbocycles. The number of anilines is 1. The van der Waals surface area contributed by atoms with Gasteiger partial charge in [0.1, 0.15) is 5.84 Å². The van der Waals surface area contributed by atoms with E-state index in [1.807, 2.05) is 55.6 Å². The molecular weight excluding hydrogens is 523 g/mol. The first-order valence-corrected chi connectivity index (χ1v) is 13.2. The van der Waals surface area contributed by atoms with E-state index in [2.05, 4.69) is 0 Å². The molecule has 0 fully saturated rings. The van der Waals surface area contributed by atoms with E-state index in [0.717, 1.165) is 16.8 Å². The molecule has 0 saturated carbocycles. The number of carbonyl (C=O) groups is 1. The third-order valence-electron chi connectivity index (χ3n) is 4.51. The number of halogens is 3. The number of nitrogens with one attached hydrogen (secondary N) is 1. The maximum atomic E-state index is 13.3. The van der Waals surface area contributed by atoms with Crippen LogP contribution in [0.25, 0.3) is 11.1 Å². The summed E-state index contributed by atoms with van der Waals surface area (Å²) in [4.78, 5) is 11.8. The highest BCUT2D eigenvalue weighted by Gasteiger charge is 2.38. The van der Waals surface area contributed by atoms with E-state index in [4.69, 9.17) is 21.0 Å². The van der Waals surface area contributed by atoms with Gasteiger partial charge in [-0.15, -0.1) is 23.1 Å². The number of aliphatic carboxylic acids is 1. The Morgan fingerprint density at radius 1 is 1.09 bits per heavy atom. The van der Waals surface area contributed by atoms with Crippen LogP contribution >= 0.6 is 23.1 Å². The molecule has 0 atom stereocenters. The van der Waals surface area contributed by atoms with Gasteiger partial charge in [-0.2, -0.15) is 13.2 Å². The van der Waals surface area contributed by atoms with Crippen molar-refractivity contribution >= 4 is 50.4 Å². The predicted octanol–water partition coefficient (Wildman–Crippen LogP) is 4.95. The molecule has 7 nitrogen and oxygen atoms in total. The number of sulfone groups is 1. The molecule has 0 aliphatic rings. The van der Waals surface area contributed by atoms with Gasteiger partial charge in [-0.1, -0.05) is 24.3 Å². The Morgan fingerprint density at radius 2 is 1.66 bits per heavy atom. The van der Waals surface area contributed by atoms with E-state index in [1.165, 1.54) is 29.2 Å². The molecule has 3 aromatic rings. The third kappa shape index (κ3) is 6.99. The molecule has 0 amide bonds. The summed E-state index contributed by atoms with van der Waals surface area (Å²) in [5.41, 5.74) is 8.41. The van der Waals surface area contributed by atoms with Crippen LogP contribution in [-0.2, 0) is 14.6 Å². The van der Waals surface area contributed by atoms with Crippen LogP contribution in [0.4, 0.5) is 18.9 Å². The molecule has 0 spiro atoms. The van der Waals surface area contributed by atoms with Gasteiger partial charge in [0.05, 0.1) is 18.9 Å². The predicted molar refractivity (Wildman–Crippen MR) is 132 cm³/mol. The van der Waals surface area contributed by atoms with Crippen LogP contribution < -0.4 is 10.6 Å². The summed E-state index contributed by atoms with van der Waals surface area (Å²) >= 11 is 2.57. The standard InChI is InChI=1S/C20H21N3O2S3.C2HF3O2/c1-23(2)15-9-7-13(8-10-15)14-5-4-6-16(11-14)28(24,25)18-12-17(19(21)22)27-20(18)26-3;3-2(4,5)1(6)7/h4-12H,1-3H3,(H3,21,22);(H,6,7). The largest absolute Gasteiger partial charge is 0.490 e. The summed E-state index contributed by atoms with van der Waals surface area (Å²) < 4.78 is 58.9. The lowest BCUT2D eigenvalue weighted by Gasteiger charge is -2.13. The minimum absolute atomic E-state index is 0.128. The van der Waals surface area contributed by atoms with Crippen molar-refractivity contribution in [2.75, 3.05) is 25.3 Å². The minimum Gasteiger partial charge on any atom is -0.475 e. The normalized spacial score (nSPS) is 11.4. The molecule has 0 aliphatic heterocycles. The zero-order valence-electron chi connectivity index (χ0n) is 18.8. The Hall–Kier alpha value is -3.03. The first-order valence-electron chi connectivity index (χ1n) is 9.63. The van der Waals surface area contributed by atoms with Crippen molar-refractivity contribution in [3.05, 3.63) is 59.5 Å². The van der Waals surface area contributed by atoms with E-state index < -0.39 is 22.0 Å². The molecule has 35 heavy (non-hydrogen) atoms. The number of benzene rings is 2. The number of rotatable bonds is 6. The van der Waals surface area contributed by atoms with Crippen molar-refractivity contribution in [2.45, 2.75) is 20.2 Å². The lowest BCUT2D eigenvalue weighted by molar-refractivity contribution is -0.192. The van der Waals surface area contributed by atoms with Crippen molar-refractivity contribution in [1.29, 1.82) is 5.41 Å². The van der Waals surface area contributed by atoms with Crippen LogP contribution in [0.3, 0.4) is 0 Å². The Morgan fingerprint density at radius 3 is 2.11 bits per heavy atom. The number of alkyl halides is 3. The zero-order chi connectivity index (χ0) is 26.6. The molecule has 1 aromatic heterocycles. The van der Waals surface area contributed by atoms with E-state index in [9.17, 15) is 21.6 Å². The molecule has 13 heteroatoms. The minimum atomic E-state index is -5.08. The van der Waals surface area contributed by atoms with Gasteiger partial charge in [-0.05, 0) is 47.7 Å². The molecule has 1 heterocycles. The summed E-state index contributed by atoms with van der Waals surface area (Å²) in [7, 11) is 0.230. The van der Waals surface area contributed by atoms with E-state index in [1.54, 1.807) is 18.2 Å². The number of hydrogen-bond donors (Lipinski definition) is 3. The highest BCUT2D eigenvalue weighted by Crippen LogP contribution is 2.37. The molecule has 0 unspecified atom stereocenters. The van der Waals surface area contributed by atoms with Gasteiger partial charge < -0.3 is 15.7 Å². The number of thioether (sulfide) groups is 1. The molecule has 0 aliphatic carbocycles. The molecular formula is C22H22F3N3O4S3. The van der Waals surface area contributed by atoms with Crippen LogP contribution in [0.15, 0.2) is 68.6 Å². The SMILES string of the molecule is CSc1sc(C(=N)N)cc1S(=O)(=O)c1cccc(-c2ccc(N(C)C)cc2)c1.O=C(O)C(F)(F)F. The van der Waals surface area contributed by atoms with E-state index >= 15 is 0 Å². The monoisotopic (exact) mass is 545 g/mol. The number of carboxylic acids is 1. The first kappa shape index (κ1) is 28.2. The van der Waals surface area contributed by atoms with Crippen molar-refractivity contribution in [2.24, 2.45) is 5.73 Å². The molecule has 0 saturated heterocycles. The van der Waals surface area contributed by atoms with Gasteiger partial charge in [0, 0.05) is 19.8 Å². The Balaban J connectivity index is 0.000000540. The fourth-order valence-electron chi connectivity index (χ4n) is 2.74. The molecule has 0 bridgehead atoms. The van der Waals surface area contributed by atoms with Gasteiger partial charge >= 0.3 is 12.1 Å². The summed E-state index contributed by atoms with van der Waals surface area (Å²) in [5, 5.41) is 14.7. The fourth-order valence-corrected chi connectivity index (χ4v) is 6.64. The van der Waals surface area contributed by atoms with Crippen molar-refractivity contribution < 1.29 is 31.5 Å². The maximum absolute atomic E-state index is 13.3. The second kappa shape index (κ2) is 11.1. The van der Waals surface area contributed by atoms with Gasteiger partial charge in [-0.25, -0.2) is 13.2 Å².